The summed E-state index contributed by atoms with van der Waals surface area (Å²) < 4.78 is 0. The van der Waals surface area contributed by atoms with Crippen molar-refractivity contribution in [2.75, 3.05) is 20.1 Å². The number of hydrogen-bond donors (Lipinski definition) is 2. The molecule has 2 N–H and O–H groups in total. The molecule has 0 bridgehead atoms. The van der Waals surface area contributed by atoms with Crippen LogP contribution in [0, 0.1) is 25.2 Å². The predicted molar refractivity (Wildman–Crippen MR) is 117 cm³/mol. The summed E-state index contributed by atoms with van der Waals surface area (Å²) in [6, 6.07) is 15.2. The van der Waals surface area contributed by atoms with Crippen LogP contribution in [0.5, 0.6) is 0 Å². The third-order valence-corrected chi connectivity index (χ3v) is 5.70. The number of nitrogens with zero attached hydrogens (tertiary/aromatic N) is 3. The average Bonchev–Trinajstić information content (AvgIpc) is 3.14. The summed E-state index contributed by atoms with van der Waals surface area (Å²) in [5.41, 5.74) is 4.97. The maximum absolute atomic E-state index is 13.1. The highest BCUT2D eigenvalue weighted by Gasteiger charge is 2.32. The van der Waals surface area contributed by atoms with Crippen molar-refractivity contribution >= 4 is 11.8 Å². The van der Waals surface area contributed by atoms with Crippen molar-refractivity contribution in [1.29, 1.82) is 5.26 Å². The van der Waals surface area contributed by atoms with Crippen LogP contribution in [0.15, 0.2) is 42.5 Å². The van der Waals surface area contributed by atoms with Crippen molar-refractivity contribution in [2.24, 2.45) is 0 Å². The van der Waals surface area contributed by atoms with Gasteiger partial charge in [-0.2, -0.15) is 5.26 Å². The first-order chi connectivity index (χ1) is 14.9. The Morgan fingerprint density at radius 1 is 1.16 bits per heavy atom. The van der Waals surface area contributed by atoms with Gasteiger partial charge >= 0.3 is 0 Å². The molecule has 1 saturated heterocycles. The fraction of sp³-hybridized carbons (Fsp3) is 0.250. The molecule has 3 aromatic rings. The van der Waals surface area contributed by atoms with Gasteiger partial charge in [0.15, 0.2) is 0 Å². The lowest BCUT2D eigenvalue weighted by atomic mass is 9.90. The Labute approximate surface area is 180 Å². The average molecular weight is 413 g/mol. The maximum atomic E-state index is 13.1. The molecule has 1 aliphatic rings. The molecule has 0 aliphatic carbocycles. The van der Waals surface area contributed by atoms with Gasteiger partial charge in [0.2, 0.25) is 0 Å². The van der Waals surface area contributed by atoms with Gasteiger partial charge in [-0.1, -0.05) is 18.2 Å². The minimum absolute atomic E-state index is 0.0418. The van der Waals surface area contributed by atoms with Crippen LogP contribution in [0.1, 0.15) is 49.3 Å². The monoisotopic (exact) mass is 413 g/mol. The largest absolute Gasteiger partial charge is 0.354 e. The lowest BCUT2D eigenvalue weighted by Crippen LogP contribution is -2.48. The van der Waals surface area contributed by atoms with Crippen molar-refractivity contribution < 1.29 is 9.59 Å². The molecular weight excluding hydrogens is 390 g/mol. The molecule has 0 radical (unpaired) electrons. The number of hydrogen-bond acceptors (Lipinski definition) is 4. The zero-order valence-corrected chi connectivity index (χ0v) is 17.7. The van der Waals surface area contributed by atoms with Crippen LogP contribution in [0.4, 0.5) is 0 Å². The van der Waals surface area contributed by atoms with Gasteiger partial charge < -0.3 is 15.2 Å². The third kappa shape index (κ3) is 3.80. The number of carbonyl (C=O) groups excluding carboxylic acids is 2. The maximum Gasteiger partial charge on any atom is 0.269 e. The summed E-state index contributed by atoms with van der Waals surface area (Å²) in [4.78, 5) is 34.6. The number of imidazole rings is 1. The quantitative estimate of drug-likeness (QED) is 0.686. The fourth-order valence-corrected chi connectivity index (χ4v) is 3.85. The smallest absolute Gasteiger partial charge is 0.269 e. The highest BCUT2D eigenvalue weighted by molar-refractivity contribution is 6.00. The van der Waals surface area contributed by atoms with E-state index >= 15 is 0 Å². The van der Waals surface area contributed by atoms with Crippen LogP contribution in [0.25, 0.3) is 11.3 Å². The molecule has 0 saturated carbocycles. The van der Waals surface area contributed by atoms with E-state index in [0.717, 1.165) is 16.7 Å². The summed E-state index contributed by atoms with van der Waals surface area (Å²) in [7, 11) is 1.57. The summed E-state index contributed by atoms with van der Waals surface area (Å²) in [5.74, 6) is 0.618. The number of aromatic nitrogens is 2. The first kappa shape index (κ1) is 20.4. The molecule has 0 unspecified atom stereocenters. The Hall–Kier alpha value is -3.92. The molecule has 2 amide bonds. The fourth-order valence-electron chi connectivity index (χ4n) is 3.85. The van der Waals surface area contributed by atoms with Gasteiger partial charge in [0.25, 0.3) is 11.8 Å². The van der Waals surface area contributed by atoms with Gasteiger partial charge in [-0.3, -0.25) is 9.59 Å². The molecular formula is C24H23N5O2. The topological polar surface area (TPSA) is 102 Å². The van der Waals surface area contributed by atoms with E-state index in [9.17, 15) is 9.59 Å². The molecule has 1 aliphatic heterocycles. The number of nitriles is 1. The second kappa shape index (κ2) is 8.07. The molecule has 2 aromatic carbocycles. The third-order valence-electron chi connectivity index (χ3n) is 5.70. The van der Waals surface area contributed by atoms with Gasteiger partial charge in [-0.15, -0.1) is 0 Å². The predicted octanol–water partition coefficient (Wildman–Crippen LogP) is 3.16. The number of likely N-dealkylation sites (tertiary alicyclic amines) is 1. The highest BCUT2D eigenvalue weighted by atomic mass is 16.2. The molecule has 31 heavy (non-hydrogen) atoms. The summed E-state index contributed by atoms with van der Waals surface area (Å²) in [5, 5.41) is 11.6. The Morgan fingerprint density at radius 2 is 1.87 bits per heavy atom. The van der Waals surface area contributed by atoms with E-state index in [-0.39, 0.29) is 17.7 Å². The van der Waals surface area contributed by atoms with Gasteiger partial charge in [-0.05, 0) is 49.2 Å². The number of carbonyl (C=O) groups is 2. The summed E-state index contributed by atoms with van der Waals surface area (Å²) in [6.45, 7) is 5.01. The second-order valence-electron chi connectivity index (χ2n) is 7.80. The minimum Gasteiger partial charge on any atom is -0.354 e. The minimum atomic E-state index is -0.250. The first-order valence-electron chi connectivity index (χ1n) is 10.1. The zero-order valence-electron chi connectivity index (χ0n) is 17.7. The normalized spacial score (nSPS) is 13.4. The van der Waals surface area contributed by atoms with E-state index in [2.05, 4.69) is 21.4 Å². The lowest BCUT2D eigenvalue weighted by molar-refractivity contribution is 0.0602. The number of H-pyrrole nitrogens is 1. The number of nitrogens with one attached hydrogen (secondary N) is 2. The van der Waals surface area contributed by atoms with Crippen molar-refractivity contribution in [1.82, 2.24) is 20.2 Å². The van der Waals surface area contributed by atoms with Gasteiger partial charge in [-0.25, -0.2) is 4.98 Å². The standard InChI is InChI=1S/C24H23N5O2/c1-14-4-7-18(10-20(14)21-22(23(30)26-3)28-15(2)27-21)24(31)29-12-19(13-29)17-8-5-16(11-25)6-9-17/h4-10,19H,12-13H2,1-3H3,(H,26,30)(H,27,28). The van der Waals surface area contributed by atoms with Crippen LogP contribution in [-0.2, 0) is 0 Å². The number of aryl methyl sites for hydroxylation is 2. The number of benzene rings is 2. The van der Waals surface area contributed by atoms with E-state index in [4.69, 9.17) is 5.26 Å². The van der Waals surface area contributed by atoms with E-state index in [0.29, 0.717) is 41.4 Å². The molecule has 2 heterocycles. The summed E-state index contributed by atoms with van der Waals surface area (Å²) in [6.07, 6.45) is 0. The van der Waals surface area contributed by atoms with E-state index in [1.165, 1.54) is 0 Å². The number of aromatic amines is 1. The first-order valence-corrected chi connectivity index (χ1v) is 10.1. The molecule has 7 nitrogen and oxygen atoms in total. The molecule has 0 spiro atoms. The Bertz CT molecular complexity index is 1200. The van der Waals surface area contributed by atoms with Crippen LogP contribution in [0.2, 0.25) is 0 Å². The molecule has 1 aromatic heterocycles. The summed E-state index contributed by atoms with van der Waals surface area (Å²) >= 11 is 0. The van der Waals surface area contributed by atoms with Gasteiger partial charge in [0.05, 0.1) is 11.6 Å². The van der Waals surface area contributed by atoms with Crippen LogP contribution in [-0.4, -0.2) is 46.8 Å². The SMILES string of the molecule is CNC(=O)c1[nH]c(C)nc1-c1cc(C(=O)N2CC(c3ccc(C#N)cc3)C2)ccc1C. The molecule has 4 rings (SSSR count). The highest BCUT2D eigenvalue weighted by Crippen LogP contribution is 2.31. The van der Waals surface area contributed by atoms with Crippen molar-refractivity contribution in [3.05, 3.63) is 76.2 Å². The molecule has 1 fully saturated rings. The molecule has 156 valence electrons. The van der Waals surface area contributed by atoms with Gasteiger partial charge in [0.1, 0.15) is 17.2 Å². The molecule has 7 heteroatoms. The van der Waals surface area contributed by atoms with Crippen molar-refractivity contribution in [2.45, 2.75) is 19.8 Å². The zero-order chi connectivity index (χ0) is 22.1. The number of amides is 2. The van der Waals surface area contributed by atoms with E-state index in [1.807, 2.05) is 54.3 Å². The second-order valence-corrected chi connectivity index (χ2v) is 7.80. The van der Waals surface area contributed by atoms with Crippen molar-refractivity contribution in [3.63, 3.8) is 0 Å². The van der Waals surface area contributed by atoms with Crippen LogP contribution >= 0.6 is 0 Å². The lowest BCUT2D eigenvalue weighted by Gasteiger charge is -2.39. The van der Waals surface area contributed by atoms with Crippen molar-refractivity contribution in [3.8, 4) is 17.3 Å². The molecule has 0 atom stereocenters. The van der Waals surface area contributed by atoms with Crippen LogP contribution in [0.3, 0.4) is 0 Å². The Morgan fingerprint density at radius 3 is 2.52 bits per heavy atom. The number of rotatable bonds is 4. The van der Waals surface area contributed by atoms with E-state index in [1.54, 1.807) is 14.0 Å². The van der Waals surface area contributed by atoms with Crippen LogP contribution < -0.4 is 5.32 Å². The van der Waals surface area contributed by atoms with Gasteiger partial charge in [0, 0.05) is 37.2 Å². The Kier molecular flexibility index (Phi) is 5.30. The Balaban J connectivity index is 1.55. The van der Waals surface area contributed by atoms with E-state index < -0.39 is 0 Å².